The molecule has 0 radical (unpaired) electrons. The third-order valence-electron chi connectivity index (χ3n) is 2.89. The predicted octanol–water partition coefficient (Wildman–Crippen LogP) is 3.48. The third-order valence-corrected chi connectivity index (χ3v) is 3.10. The molecular formula is C13H10ClNO. The summed E-state index contributed by atoms with van der Waals surface area (Å²) in [5.74, 6) is 0.523. The molecule has 0 spiro atoms. The van der Waals surface area contributed by atoms with Gasteiger partial charge in [0.1, 0.15) is 5.15 Å². The first-order chi connectivity index (χ1) is 7.74. The molecule has 0 unspecified atom stereocenters. The van der Waals surface area contributed by atoms with Crippen LogP contribution in [0, 0.1) is 5.92 Å². The third kappa shape index (κ3) is 1.69. The molecule has 0 saturated heterocycles. The lowest BCUT2D eigenvalue weighted by Gasteiger charge is -2.02. The van der Waals surface area contributed by atoms with Crippen LogP contribution in [0.25, 0.3) is 10.9 Å². The molecule has 1 aromatic carbocycles. The summed E-state index contributed by atoms with van der Waals surface area (Å²) < 4.78 is 0. The van der Waals surface area contributed by atoms with Gasteiger partial charge in [-0.25, -0.2) is 4.98 Å². The molecule has 1 heterocycles. The van der Waals surface area contributed by atoms with E-state index in [1.165, 1.54) is 0 Å². The van der Waals surface area contributed by atoms with E-state index in [-0.39, 0.29) is 11.7 Å². The largest absolute Gasteiger partial charge is 0.294 e. The fourth-order valence-electron chi connectivity index (χ4n) is 1.84. The molecule has 1 aliphatic rings. The van der Waals surface area contributed by atoms with Crippen molar-refractivity contribution < 1.29 is 4.79 Å². The number of aromatic nitrogens is 1. The summed E-state index contributed by atoms with van der Waals surface area (Å²) in [6.07, 6.45) is 2.07. The summed E-state index contributed by atoms with van der Waals surface area (Å²) in [5, 5.41) is 1.45. The Labute approximate surface area is 98.3 Å². The van der Waals surface area contributed by atoms with E-state index in [0.29, 0.717) is 5.15 Å². The summed E-state index contributed by atoms with van der Waals surface area (Å²) >= 11 is 5.80. The molecule has 2 aromatic rings. The molecule has 0 N–H and O–H groups in total. The molecule has 80 valence electrons. The fraction of sp³-hybridized carbons (Fsp3) is 0.231. The van der Waals surface area contributed by atoms with Crippen molar-refractivity contribution in [1.82, 2.24) is 4.98 Å². The Kier molecular flexibility index (Phi) is 2.18. The van der Waals surface area contributed by atoms with Gasteiger partial charge in [-0.3, -0.25) is 4.79 Å². The molecule has 1 aromatic heterocycles. The van der Waals surface area contributed by atoms with Gasteiger partial charge in [-0.1, -0.05) is 11.6 Å². The van der Waals surface area contributed by atoms with Gasteiger partial charge in [-0.05, 0) is 43.2 Å². The Balaban J connectivity index is 2.08. The molecule has 3 rings (SSSR count). The van der Waals surface area contributed by atoms with E-state index in [9.17, 15) is 4.79 Å². The first-order valence-corrected chi connectivity index (χ1v) is 5.72. The lowest BCUT2D eigenvalue weighted by Crippen LogP contribution is -2.00. The van der Waals surface area contributed by atoms with Crippen LogP contribution in [-0.2, 0) is 0 Å². The van der Waals surface area contributed by atoms with Crippen LogP contribution < -0.4 is 0 Å². The standard InChI is InChI=1S/C13H10ClNO/c14-12-6-4-9-7-10(3-5-11(9)15-12)13(16)8-1-2-8/h3-8H,1-2H2. The van der Waals surface area contributed by atoms with Crippen LogP contribution in [0.15, 0.2) is 30.3 Å². The Morgan fingerprint density at radius 3 is 2.81 bits per heavy atom. The zero-order chi connectivity index (χ0) is 11.1. The fourth-order valence-corrected chi connectivity index (χ4v) is 1.99. The zero-order valence-corrected chi connectivity index (χ0v) is 9.37. The van der Waals surface area contributed by atoms with E-state index in [1.54, 1.807) is 6.07 Å². The van der Waals surface area contributed by atoms with Crippen molar-refractivity contribution in [3.63, 3.8) is 0 Å². The van der Waals surface area contributed by atoms with Crippen molar-refractivity contribution in [1.29, 1.82) is 0 Å². The van der Waals surface area contributed by atoms with Crippen LogP contribution in [0.4, 0.5) is 0 Å². The summed E-state index contributed by atoms with van der Waals surface area (Å²) in [7, 11) is 0. The number of hydrogen-bond donors (Lipinski definition) is 0. The Morgan fingerprint density at radius 2 is 2.06 bits per heavy atom. The lowest BCUT2D eigenvalue weighted by molar-refractivity contribution is 0.0968. The van der Waals surface area contributed by atoms with Crippen molar-refractivity contribution in [3.8, 4) is 0 Å². The number of hydrogen-bond acceptors (Lipinski definition) is 2. The second-order valence-electron chi connectivity index (χ2n) is 4.18. The lowest BCUT2D eigenvalue weighted by atomic mass is 10.0. The molecule has 1 aliphatic carbocycles. The quantitative estimate of drug-likeness (QED) is 0.585. The number of benzene rings is 1. The minimum Gasteiger partial charge on any atom is -0.294 e. The number of nitrogens with zero attached hydrogens (tertiary/aromatic N) is 1. The van der Waals surface area contributed by atoms with E-state index in [4.69, 9.17) is 11.6 Å². The second kappa shape index (κ2) is 3.56. The Bertz CT molecular complexity index is 575. The number of pyridine rings is 1. The smallest absolute Gasteiger partial charge is 0.165 e. The Morgan fingerprint density at radius 1 is 1.25 bits per heavy atom. The van der Waals surface area contributed by atoms with Gasteiger partial charge in [0.25, 0.3) is 0 Å². The minimum absolute atomic E-state index is 0.261. The number of rotatable bonds is 2. The van der Waals surface area contributed by atoms with Gasteiger partial charge in [-0.2, -0.15) is 0 Å². The monoisotopic (exact) mass is 231 g/mol. The molecular weight excluding hydrogens is 222 g/mol. The van der Waals surface area contributed by atoms with Crippen LogP contribution in [0.1, 0.15) is 23.2 Å². The summed E-state index contributed by atoms with van der Waals surface area (Å²) in [5.41, 5.74) is 1.62. The van der Waals surface area contributed by atoms with Crippen LogP contribution in [0.3, 0.4) is 0 Å². The number of carbonyl (C=O) groups is 1. The van der Waals surface area contributed by atoms with E-state index in [1.807, 2.05) is 24.3 Å². The molecule has 0 bridgehead atoms. The topological polar surface area (TPSA) is 30.0 Å². The molecule has 0 amide bonds. The minimum atomic E-state index is 0.261. The number of Topliss-reactive ketones (excluding diaryl/α,β-unsaturated/α-hetero) is 1. The van der Waals surface area contributed by atoms with Crippen LogP contribution in [0.5, 0.6) is 0 Å². The van der Waals surface area contributed by atoms with E-state index >= 15 is 0 Å². The van der Waals surface area contributed by atoms with Gasteiger partial charge in [0.2, 0.25) is 0 Å². The second-order valence-corrected chi connectivity index (χ2v) is 4.57. The van der Waals surface area contributed by atoms with E-state index < -0.39 is 0 Å². The molecule has 0 aliphatic heterocycles. The molecule has 0 atom stereocenters. The maximum Gasteiger partial charge on any atom is 0.165 e. The number of halogens is 1. The molecule has 1 fully saturated rings. The van der Waals surface area contributed by atoms with E-state index in [0.717, 1.165) is 29.3 Å². The van der Waals surface area contributed by atoms with Gasteiger partial charge in [0.15, 0.2) is 5.78 Å². The number of carbonyl (C=O) groups excluding carboxylic acids is 1. The molecule has 1 saturated carbocycles. The zero-order valence-electron chi connectivity index (χ0n) is 8.61. The highest BCUT2D eigenvalue weighted by molar-refractivity contribution is 6.29. The van der Waals surface area contributed by atoms with E-state index in [2.05, 4.69) is 4.98 Å². The summed E-state index contributed by atoms with van der Waals surface area (Å²) in [6, 6.07) is 9.24. The van der Waals surface area contributed by atoms with Crippen molar-refractivity contribution in [2.45, 2.75) is 12.8 Å². The van der Waals surface area contributed by atoms with Crippen molar-refractivity contribution in [2.75, 3.05) is 0 Å². The molecule has 3 heteroatoms. The van der Waals surface area contributed by atoms with Gasteiger partial charge in [0, 0.05) is 16.9 Å². The normalized spacial score (nSPS) is 15.3. The molecule has 2 nitrogen and oxygen atoms in total. The molecule has 16 heavy (non-hydrogen) atoms. The van der Waals surface area contributed by atoms with Gasteiger partial charge in [-0.15, -0.1) is 0 Å². The summed E-state index contributed by atoms with van der Waals surface area (Å²) in [4.78, 5) is 16.1. The van der Waals surface area contributed by atoms with Crippen LogP contribution >= 0.6 is 11.6 Å². The Hall–Kier alpha value is -1.41. The predicted molar refractivity (Wildman–Crippen MR) is 63.8 cm³/mol. The number of fused-ring (bicyclic) bond motifs is 1. The number of ketones is 1. The maximum atomic E-state index is 11.9. The first-order valence-electron chi connectivity index (χ1n) is 5.34. The van der Waals surface area contributed by atoms with Gasteiger partial charge < -0.3 is 0 Å². The van der Waals surface area contributed by atoms with Crippen LogP contribution in [-0.4, -0.2) is 10.8 Å². The van der Waals surface area contributed by atoms with Crippen LogP contribution in [0.2, 0.25) is 5.15 Å². The first kappa shape index (κ1) is 9.79. The summed E-state index contributed by atoms with van der Waals surface area (Å²) in [6.45, 7) is 0. The SMILES string of the molecule is O=C(c1ccc2nc(Cl)ccc2c1)C1CC1. The van der Waals surface area contributed by atoms with Crippen molar-refractivity contribution >= 4 is 28.3 Å². The van der Waals surface area contributed by atoms with Crippen molar-refractivity contribution in [2.24, 2.45) is 5.92 Å². The average Bonchev–Trinajstić information content (AvgIpc) is 3.11. The van der Waals surface area contributed by atoms with Crippen molar-refractivity contribution in [3.05, 3.63) is 41.0 Å². The van der Waals surface area contributed by atoms with Gasteiger partial charge in [0.05, 0.1) is 5.52 Å². The maximum absolute atomic E-state index is 11.9. The van der Waals surface area contributed by atoms with Gasteiger partial charge >= 0.3 is 0 Å². The average molecular weight is 232 g/mol. The highest BCUT2D eigenvalue weighted by atomic mass is 35.5. The highest BCUT2D eigenvalue weighted by Crippen LogP contribution is 2.33. The highest BCUT2D eigenvalue weighted by Gasteiger charge is 2.30.